The van der Waals surface area contributed by atoms with Crippen molar-refractivity contribution in [2.24, 2.45) is 0 Å². The highest BCUT2D eigenvalue weighted by Crippen LogP contribution is 2.33. The van der Waals surface area contributed by atoms with E-state index in [1.54, 1.807) is 40.9 Å². The van der Waals surface area contributed by atoms with E-state index in [9.17, 15) is 9.59 Å². The molecule has 1 aromatic rings. The molecule has 1 heterocycles. The number of rotatable bonds is 8. The van der Waals surface area contributed by atoms with Crippen LogP contribution in [-0.2, 0) is 14.3 Å². The molecule has 1 aromatic carbocycles. The van der Waals surface area contributed by atoms with Crippen LogP contribution in [0.25, 0.3) is 0 Å². The van der Waals surface area contributed by atoms with E-state index in [4.69, 9.17) is 21.1 Å². The summed E-state index contributed by atoms with van der Waals surface area (Å²) in [4.78, 5) is 26.4. The molecule has 1 saturated heterocycles. The van der Waals surface area contributed by atoms with Gasteiger partial charge in [0.25, 0.3) is 5.91 Å². The largest absolute Gasteiger partial charge is 0.484 e. The van der Waals surface area contributed by atoms with Gasteiger partial charge in [-0.15, -0.1) is 11.8 Å². The molecule has 0 radical (unpaired) electrons. The van der Waals surface area contributed by atoms with Crippen LogP contribution >= 0.6 is 23.4 Å². The highest BCUT2D eigenvalue weighted by Gasteiger charge is 2.41. The van der Waals surface area contributed by atoms with Crippen LogP contribution in [-0.4, -0.2) is 47.7 Å². The van der Waals surface area contributed by atoms with Gasteiger partial charge in [-0.05, 0) is 30.7 Å². The van der Waals surface area contributed by atoms with Crippen LogP contribution in [0, 0.1) is 0 Å². The lowest BCUT2D eigenvalue weighted by molar-refractivity contribution is -0.152. The highest BCUT2D eigenvalue weighted by molar-refractivity contribution is 8.00. The number of esters is 1. The fourth-order valence-electron chi connectivity index (χ4n) is 2.76. The van der Waals surface area contributed by atoms with Gasteiger partial charge < -0.3 is 14.4 Å². The van der Waals surface area contributed by atoms with Crippen LogP contribution in [0.5, 0.6) is 5.75 Å². The summed E-state index contributed by atoms with van der Waals surface area (Å²) < 4.78 is 10.4. The Hall–Kier alpha value is -1.40. The van der Waals surface area contributed by atoms with Crippen molar-refractivity contribution in [1.82, 2.24) is 4.90 Å². The number of halogens is 1. The highest BCUT2D eigenvalue weighted by atomic mass is 35.5. The number of amides is 1. The van der Waals surface area contributed by atoms with Gasteiger partial charge in [-0.25, -0.2) is 4.79 Å². The Morgan fingerprint density at radius 2 is 2.00 bits per heavy atom. The zero-order valence-electron chi connectivity index (χ0n) is 14.6. The monoisotopic (exact) mass is 385 g/mol. The van der Waals surface area contributed by atoms with Gasteiger partial charge in [-0.2, -0.15) is 0 Å². The number of benzene rings is 1. The van der Waals surface area contributed by atoms with Crippen LogP contribution in [0.1, 0.15) is 32.6 Å². The van der Waals surface area contributed by atoms with E-state index in [1.165, 1.54) is 7.11 Å². The van der Waals surface area contributed by atoms with Gasteiger partial charge in [0.1, 0.15) is 11.8 Å². The molecule has 0 unspecified atom stereocenters. The van der Waals surface area contributed by atoms with Crippen LogP contribution < -0.4 is 4.74 Å². The number of hydrogen-bond acceptors (Lipinski definition) is 5. The fourth-order valence-corrected chi connectivity index (χ4v) is 4.34. The molecule has 0 N–H and O–H groups in total. The Morgan fingerprint density at radius 1 is 1.28 bits per heavy atom. The van der Waals surface area contributed by atoms with E-state index in [2.05, 4.69) is 6.92 Å². The standard InChI is InChI=1S/C18H24ClNO4S/c1-3-4-5-6-17-20(15(12-25-17)18(22)23-2)16(21)11-24-14-9-7-13(19)8-10-14/h7-10,15,17H,3-6,11-12H2,1-2H3/t15-,17+/m1/s1. The summed E-state index contributed by atoms with van der Waals surface area (Å²) in [6, 6.07) is 6.30. The molecule has 5 nitrogen and oxygen atoms in total. The van der Waals surface area contributed by atoms with E-state index in [0.29, 0.717) is 16.5 Å². The summed E-state index contributed by atoms with van der Waals surface area (Å²) in [6.45, 7) is 2.03. The molecule has 1 amide bonds. The lowest BCUT2D eigenvalue weighted by Crippen LogP contribution is -2.48. The number of ether oxygens (including phenoxy) is 2. The van der Waals surface area contributed by atoms with Crippen LogP contribution in [0.2, 0.25) is 5.02 Å². The van der Waals surface area contributed by atoms with Crippen molar-refractivity contribution >= 4 is 35.2 Å². The number of unbranched alkanes of at least 4 members (excludes halogenated alkanes) is 2. The van der Waals surface area contributed by atoms with Gasteiger partial charge in [0.2, 0.25) is 0 Å². The molecule has 0 bridgehead atoms. The Bertz CT molecular complexity index is 581. The second kappa shape index (κ2) is 9.92. The lowest BCUT2D eigenvalue weighted by Gasteiger charge is -2.28. The SMILES string of the molecule is CCCCC[C@@H]1SC[C@H](C(=O)OC)N1C(=O)COc1ccc(Cl)cc1. The van der Waals surface area contributed by atoms with E-state index in [0.717, 1.165) is 25.7 Å². The Kier molecular flexibility index (Phi) is 7.90. The second-order valence-electron chi connectivity index (χ2n) is 5.87. The molecule has 1 aliphatic heterocycles. The first-order chi connectivity index (χ1) is 12.1. The normalized spacial score (nSPS) is 19.7. The zero-order valence-corrected chi connectivity index (χ0v) is 16.1. The maximum absolute atomic E-state index is 12.7. The van der Waals surface area contributed by atoms with Crippen molar-refractivity contribution in [1.29, 1.82) is 0 Å². The van der Waals surface area contributed by atoms with Crippen molar-refractivity contribution in [3.8, 4) is 5.75 Å². The number of carbonyl (C=O) groups is 2. The predicted molar refractivity (Wildman–Crippen MR) is 100.0 cm³/mol. The first-order valence-corrected chi connectivity index (χ1v) is 9.88. The molecule has 7 heteroatoms. The van der Waals surface area contributed by atoms with Crippen molar-refractivity contribution in [2.75, 3.05) is 19.5 Å². The van der Waals surface area contributed by atoms with E-state index < -0.39 is 6.04 Å². The molecular formula is C18H24ClNO4S. The lowest BCUT2D eigenvalue weighted by atomic mass is 10.1. The molecular weight excluding hydrogens is 362 g/mol. The number of methoxy groups -OCH3 is 1. The Morgan fingerprint density at radius 3 is 2.64 bits per heavy atom. The van der Waals surface area contributed by atoms with E-state index in [1.807, 2.05) is 0 Å². The molecule has 0 aliphatic carbocycles. The summed E-state index contributed by atoms with van der Waals surface area (Å²) >= 11 is 7.48. The molecule has 2 rings (SSSR count). The Balaban J connectivity index is 2.01. The van der Waals surface area contributed by atoms with Gasteiger partial charge in [0.05, 0.1) is 12.5 Å². The molecule has 0 saturated carbocycles. The zero-order chi connectivity index (χ0) is 18.2. The quantitative estimate of drug-likeness (QED) is 0.504. The maximum Gasteiger partial charge on any atom is 0.329 e. The van der Waals surface area contributed by atoms with E-state index >= 15 is 0 Å². The van der Waals surface area contributed by atoms with Crippen molar-refractivity contribution in [3.63, 3.8) is 0 Å². The number of nitrogens with zero attached hydrogens (tertiary/aromatic N) is 1. The summed E-state index contributed by atoms with van der Waals surface area (Å²) in [5.74, 6) is 0.569. The van der Waals surface area contributed by atoms with Crippen LogP contribution in [0.3, 0.4) is 0 Å². The van der Waals surface area contributed by atoms with E-state index in [-0.39, 0.29) is 23.9 Å². The molecule has 138 valence electrons. The molecule has 1 aliphatic rings. The number of thioether (sulfide) groups is 1. The first kappa shape index (κ1) is 19.9. The van der Waals surface area contributed by atoms with Gasteiger partial charge in [-0.3, -0.25) is 4.79 Å². The minimum Gasteiger partial charge on any atom is -0.484 e. The topological polar surface area (TPSA) is 55.8 Å². The summed E-state index contributed by atoms with van der Waals surface area (Å²) in [7, 11) is 1.35. The number of hydrogen-bond donors (Lipinski definition) is 0. The summed E-state index contributed by atoms with van der Waals surface area (Å²) in [5, 5.41) is 0.605. The second-order valence-corrected chi connectivity index (χ2v) is 7.51. The van der Waals surface area contributed by atoms with Crippen molar-refractivity contribution in [3.05, 3.63) is 29.3 Å². The van der Waals surface area contributed by atoms with Gasteiger partial charge in [-0.1, -0.05) is 37.8 Å². The van der Waals surface area contributed by atoms with Crippen LogP contribution in [0.15, 0.2) is 24.3 Å². The van der Waals surface area contributed by atoms with Crippen molar-refractivity contribution < 1.29 is 19.1 Å². The smallest absolute Gasteiger partial charge is 0.329 e. The minimum absolute atomic E-state index is 0.00281. The van der Waals surface area contributed by atoms with Gasteiger partial charge >= 0.3 is 5.97 Å². The third-order valence-electron chi connectivity index (χ3n) is 4.08. The number of carbonyl (C=O) groups excluding carboxylic acids is 2. The molecule has 0 aromatic heterocycles. The fraction of sp³-hybridized carbons (Fsp3) is 0.556. The molecule has 1 fully saturated rings. The third kappa shape index (κ3) is 5.54. The Labute approximate surface area is 158 Å². The molecule has 25 heavy (non-hydrogen) atoms. The third-order valence-corrected chi connectivity index (χ3v) is 5.69. The van der Waals surface area contributed by atoms with Gasteiger partial charge in [0.15, 0.2) is 6.61 Å². The summed E-state index contributed by atoms with van der Waals surface area (Å²) in [6.07, 6.45) is 4.14. The van der Waals surface area contributed by atoms with Crippen molar-refractivity contribution in [2.45, 2.75) is 44.0 Å². The van der Waals surface area contributed by atoms with Gasteiger partial charge in [0, 0.05) is 10.8 Å². The average molecular weight is 386 g/mol. The minimum atomic E-state index is -0.539. The molecule has 2 atom stereocenters. The van der Waals surface area contributed by atoms with Crippen LogP contribution in [0.4, 0.5) is 0 Å². The maximum atomic E-state index is 12.7. The molecule has 0 spiro atoms. The predicted octanol–water partition coefficient (Wildman–Crippen LogP) is 3.74. The average Bonchev–Trinajstić information content (AvgIpc) is 3.04. The first-order valence-electron chi connectivity index (χ1n) is 8.45. The summed E-state index contributed by atoms with van der Waals surface area (Å²) in [5.41, 5.74) is 0.